The van der Waals surface area contributed by atoms with E-state index in [2.05, 4.69) is 10.3 Å². The topological polar surface area (TPSA) is 77.2 Å². The van der Waals surface area contributed by atoms with Crippen molar-refractivity contribution < 1.29 is 13.9 Å². The first kappa shape index (κ1) is 16.4. The van der Waals surface area contributed by atoms with Crippen molar-refractivity contribution >= 4 is 22.4 Å². The summed E-state index contributed by atoms with van der Waals surface area (Å²) < 4.78 is 18.6. The van der Waals surface area contributed by atoms with Crippen molar-refractivity contribution in [2.45, 2.75) is 19.9 Å². The number of nitrogens with zero attached hydrogens (tertiary/aromatic N) is 1. The maximum absolute atomic E-state index is 13.7. The number of benzene rings is 1. The second-order valence-electron chi connectivity index (χ2n) is 5.02. The number of halogens is 1. The highest BCUT2D eigenvalue weighted by Gasteiger charge is 2.18. The van der Waals surface area contributed by atoms with Gasteiger partial charge in [-0.15, -0.1) is 11.3 Å². The molecule has 2 rings (SSSR count). The predicted octanol–water partition coefficient (Wildman–Crippen LogP) is 2.88. The SMILES string of the molecule is COc1ccc(-c2csc(NC(=O)C(C)C(C)N)n2)cc1F. The van der Waals surface area contributed by atoms with Crippen molar-refractivity contribution in [3.05, 3.63) is 29.4 Å². The number of nitrogens with two attached hydrogens (primary N) is 1. The minimum atomic E-state index is -0.454. The summed E-state index contributed by atoms with van der Waals surface area (Å²) >= 11 is 1.28. The molecule has 0 spiro atoms. The molecule has 0 bridgehead atoms. The summed E-state index contributed by atoms with van der Waals surface area (Å²) in [6, 6.07) is 4.37. The van der Waals surface area contributed by atoms with E-state index in [1.165, 1.54) is 24.5 Å². The lowest BCUT2D eigenvalue weighted by molar-refractivity contribution is -0.119. The van der Waals surface area contributed by atoms with Crippen molar-refractivity contribution in [2.75, 3.05) is 12.4 Å². The van der Waals surface area contributed by atoms with Crippen LogP contribution in [0.4, 0.5) is 9.52 Å². The molecule has 0 saturated heterocycles. The zero-order valence-corrected chi connectivity index (χ0v) is 13.4. The summed E-state index contributed by atoms with van der Waals surface area (Å²) in [7, 11) is 1.41. The van der Waals surface area contributed by atoms with Gasteiger partial charge in [-0.1, -0.05) is 6.92 Å². The largest absolute Gasteiger partial charge is 0.494 e. The first-order chi connectivity index (χ1) is 10.4. The fourth-order valence-corrected chi connectivity index (χ4v) is 2.47. The number of amides is 1. The monoisotopic (exact) mass is 323 g/mol. The van der Waals surface area contributed by atoms with Gasteiger partial charge in [-0.2, -0.15) is 0 Å². The summed E-state index contributed by atoms with van der Waals surface area (Å²) in [5.74, 6) is -0.773. The van der Waals surface area contributed by atoms with Crippen molar-refractivity contribution in [3.63, 3.8) is 0 Å². The van der Waals surface area contributed by atoms with Crippen LogP contribution in [-0.2, 0) is 4.79 Å². The quantitative estimate of drug-likeness (QED) is 0.887. The van der Waals surface area contributed by atoms with Crippen LogP contribution in [0.5, 0.6) is 5.75 Å². The number of thiazole rings is 1. The Morgan fingerprint density at radius 1 is 1.45 bits per heavy atom. The summed E-state index contributed by atoms with van der Waals surface area (Å²) in [4.78, 5) is 16.2. The van der Waals surface area contributed by atoms with E-state index < -0.39 is 5.82 Å². The van der Waals surface area contributed by atoms with Crippen LogP contribution in [0, 0.1) is 11.7 Å². The Kier molecular flexibility index (Phi) is 5.10. The highest BCUT2D eigenvalue weighted by molar-refractivity contribution is 7.14. The van der Waals surface area contributed by atoms with Crippen molar-refractivity contribution in [1.29, 1.82) is 0 Å². The average molecular weight is 323 g/mol. The molecule has 1 amide bonds. The lowest BCUT2D eigenvalue weighted by Gasteiger charge is -2.13. The number of anilines is 1. The van der Waals surface area contributed by atoms with Gasteiger partial charge in [-0.25, -0.2) is 9.37 Å². The summed E-state index contributed by atoms with van der Waals surface area (Å²) in [6.07, 6.45) is 0. The van der Waals surface area contributed by atoms with Gasteiger partial charge in [0.05, 0.1) is 18.7 Å². The maximum Gasteiger partial charge on any atom is 0.230 e. The molecule has 0 aliphatic heterocycles. The van der Waals surface area contributed by atoms with Gasteiger partial charge in [-0.05, 0) is 25.1 Å². The number of nitrogens with one attached hydrogen (secondary N) is 1. The van der Waals surface area contributed by atoms with Gasteiger partial charge in [0.25, 0.3) is 0 Å². The Morgan fingerprint density at radius 2 is 2.18 bits per heavy atom. The average Bonchev–Trinajstić information content (AvgIpc) is 2.94. The van der Waals surface area contributed by atoms with Crippen molar-refractivity contribution in [3.8, 4) is 17.0 Å². The van der Waals surface area contributed by atoms with E-state index in [1.807, 2.05) is 0 Å². The maximum atomic E-state index is 13.7. The number of aromatic nitrogens is 1. The van der Waals surface area contributed by atoms with Gasteiger partial charge in [-0.3, -0.25) is 4.79 Å². The molecule has 3 N–H and O–H groups in total. The third-order valence-corrected chi connectivity index (χ3v) is 4.14. The van der Waals surface area contributed by atoms with Crippen molar-refractivity contribution in [2.24, 2.45) is 11.7 Å². The number of hydrogen-bond donors (Lipinski definition) is 2. The minimum Gasteiger partial charge on any atom is -0.494 e. The molecule has 0 saturated carbocycles. The number of hydrogen-bond acceptors (Lipinski definition) is 5. The molecule has 118 valence electrons. The Bertz CT molecular complexity index is 673. The van der Waals surface area contributed by atoms with E-state index in [0.29, 0.717) is 16.4 Å². The van der Waals surface area contributed by atoms with Gasteiger partial charge in [0.1, 0.15) is 0 Å². The molecule has 0 aliphatic rings. The fraction of sp³-hybridized carbons (Fsp3) is 0.333. The van der Waals surface area contributed by atoms with E-state index in [1.54, 1.807) is 31.4 Å². The smallest absolute Gasteiger partial charge is 0.230 e. The van der Waals surface area contributed by atoms with Gasteiger partial charge >= 0.3 is 0 Å². The second kappa shape index (κ2) is 6.85. The molecule has 22 heavy (non-hydrogen) atoms. The fourth-order valence-electron chi connectivity index (χ4n) is 1.75. The molecular weight excluding hydrogens is 305 g/mol. The van der Waals surface area contributed by atoms with E-state index >= 15 is 0 Å². The van der Waals surface area contributed by atoms with E-state index in [0.717, 1.165) is 0 Å². The number of rotatable bonds is 5. The molecule has 7 heteroatoms. The minimum absolute atomic E-state index is 0.179. The molecule has 0 aliphatic carbocycles. The number of ether oxygens (including phenoxy) is 1. The Labute approximate surface area is 132 Å². The van der Waals surface area contributed by atoms with Gasteiger partial charge < -0.3 is 15.8 Å². The standard InChI is InChI=1S/C15H18FN3O2S/c1-8(9(2)17)14(20)19-15-18-12(7-22-15)10-4-5-13(21-3)11(16)6-10/h4-9H,17H2,1-3H3,(H,18,19,20). The lowest BCUT2D eigenvalue weighted by Crippen LogP contribution is -2.34. The van der Waals surface area contributed by atoms with E-state index in [9.17, 15) is 9.18 Å². The molecule has 5 nitrogen and oxygen atoms in total. The molecule has 1 heterocycles. The Morgan fingerprint density at radius 3 is 2.77 bits per heavy atom. The molecule has 2 aromatic rings. The third-order valence-electron chi connectivity index (χ3n) is 3.38. The van der Waals surface area contributed by atoms with Crippen LogP contribution in [-0.4, -0.2) is 24.0 Å². The van der Waals surface area contributed by atoms with Crippen LogP contribution in [0.15, 0.2) is 23.6 Å². The molecule has 1 aromatic carbocycles. The molecule has 2 unspecified atom stereocenters. The van der Waals surface area contributed by atoms with Crippen LogP contribution in [0.3, 0.4) is 0 Å². The molecule has 0 fully saturated rings. The molecular formula is C15H18FN3O2S. The van der Waals surface area contributed by atoms with Gasteiger partial charge in [0.15, 0.2) is 16.7 Å². The van der Waals surface area contributed by atoms with Crippen LogP contribution >= 0.6 is 11.3 Å². The van der Waals surface area contributed by atoms with Crippen LogP contribution in [0.25, 0.3) is 11.3 Å². The van der Waals surface area contributed by atoms with Crippen LogP contribution in [0.2, 0.25) is 0 Å². The van der Waals surface area contributed by atoms with E-state index in [-0.39, 0.29) is 23.6 Å². The zero-order valence-electron chi connectivity index (χ0n) is 12.6. The molecule has 0 radical (unpaired) electrons. The first-order valence-electron chi connectivity index (χ1n) is 6.78. The second-order valence-corrected chi connectivity index (χ2v) is 5.88. The summed E-state index contributed by atoms with van der Waals surface area (Å²) in [5.41, 5.74) is 6.91. The van der Waals surface area contributed by atoms with E-state index in [4.69, 9.17) is 10.5 Å². The number of carbonyl (C=O) groups is 1. The lowest BCUT2D eigenvalue weighted by atomic mass is 10.0. The Balaban J connectivity index is 2.15. The summed E-state index contributed by atoms with van der Waals surface area (Å²) in [5, 5.41) is 4.94. The highest BCUT2D eigenvalue weighted by atomic mass is 32.1. The van der Waals surface area contributed by atoms with Gasteiger partial charge in [0.2, 0.25) is 5.91 Å². The normalized spacial score (nSPS) is 13.5. The van der Waals surface area contributed by atoms with Crippen LogP contribution < -0.4 is 15.8 Å². The highest BCUT2D eigenvalue weighted by Crippen LogP contribution is 2.28. The predicted molar refractivity (Wildman–Crippen MR) is 85.5 cm³/mol. The van der Waals surface area contributed by atoms with Gasteiger partial charge in [0, 0.05) is 17.0 Å². The molecule has 1 aromatic heterocycles. The Hall–Kier alpha value is -1.99. The zero-order chi connectivity index (χ0) is 16.3. The number of methoxy groups -OCH3 is 1. The summed E-state index contributed by atoms with van der Waals surface area (Å²) in [6.45, 7) is 3.53. The van der Waals surface area contributed by atoms with Crippen molar-refractivity contribution in [1.82, 2.24) is 4.98 Å². The number of carbonyl (C=O) groups excluding carboxylic acids is 1. The third kappa shape index (κ3) is 3.61. The first-order valence-corrected chi connectivity index (χ1v) is 7.66. The molecule has 2 atom stereocenters. The van der Waals surface area contributed by atoms with Crippen LogP contribution in [0.1, 0.15) is 13.8 Å².